The molecule has 0 atom stereocenters. The molecule has 18 nitrogen and oxygen atoms in total. The Hall–Kier alpha value is -12.2. The van der Waals surface area contributed by atoms with Gasteiger partial charge in [-0.3, -0.25) is 4.98 Å². The second-order valence-electron chi connectivity index (χ2n) is 28.1. The molecule has 0 fully saturated rings. The molecule has 109 heavy (non-hydrogen) atoms. The molecule has 558 valence electrons. The highest BCUT2D eigenvalue weighted by Gasteiger charge is 2.26. The molecule has 10 aromatic heterocycles. The van der Waals surface area contributed by atoms with Crippen molar-refractivity contribution < 1.29 is 18.3 Å². The van der Waals surface area contributed by atoms with Crippen LogP contribution in [-0.4, -0.2) is 68.1 Å². The zero-order valence-electron chi connectivity index (χ0n) is 64.3. The lowest BCUT2D eigenvalue weighted by molar-refractivity contribution is -0.663. The highest BCUT2D eigenvalue weighted by Crippen LogP contribution is 2.37. The Morgan fingerprint density at radius 1 is 0.303 bits per heavy atom. The van der Waals surface area contributed by atoms with Gasteiger partial charge < -0.3 is 18.3 Å². The first-order valence-electron chi connectivity index (χ1n) is 35.4. The first-order valence-corrected chi connectivity index (χ1v) is 35.4. The van der Waals surface area contributed by atoms with E-state index in [4.69, 9.17) is 24.9 Å². The van der Waals surface area contributed by atoms with E-state index in [0.29, 0.717) is 5.82 Å². The van der Waals surface area contributed by atoms with Crippen molar-refractivity contribution in [3.8, 4) is 91.1 Å². The summed E-state index contributed by atoms with van der Waals surface area (Å²) in [6.07, 6.45) is 17.0. The predicted octanol–water partition coefficient (Wildman–Crippen LogP) is 17.9. The molecule has 0 aliphatic rings. The van der Waals surface area contributed by atoms with Crippen LogP contribution in [0.4, 0.5) is 0 Å². The summed E-state index contributed by atoms with van der Waals surface area (Å²) in [7, 11) is 16.4. The van der Waals surface area contributed by atoms with Crippen LogP contribution in [0.25, 0.3) is 135 Å². The first-order chi connectivity index (χ1) is 50.3. The minimum atomic E-state index is 0. The largest absolute Gasteiger partial charge is 0.348 e. The van der Waals surface area contributed by atoms with E-state index in [1.807, 2.05) is 115 Å². The molecule has 0 unspecified atom stereocenters. The average molecular weight is 1450 g/mol. The van der Waals surface area contributed by atoms with Crippen molar-refractivity contribution in [3.63, 3.8) is 0 Å². The number of pyridine rings is 2. The van der Waals surface area contributed by atoms with Gasteiger partial charge in [0, 0.05) is 86.5 Å². The number of imidazole rings is 4. The van der Waals surface area contributed by atoms with Crippen LogP contribution in [0.2, 0.25) is 0 Å². The SMILES string of the molecule is C.C.C.C.Cc1cc(C)c2nc(-c3cccc(-c4ccnc[n+]4C)c3C)n(C)c2c1.Cc1cc(C)c2nc(-c3cccc(-c4cncc[n+]4C)c3C)n(C)c2c1.Cc1cc(C)c2nc(-c3ccnc(-c4cccc[n+]4C)c3C)n(C)c2c1.Cc1cc(C)c2nc(-c3nc(C)nc(-c4nccc[n+]4C)c3C)n(C)c2c1. The maximum absolute atomic E-state index is 4.99. The Morgan fingerprint density at radius 3 is 1.20 bits per heavy atom. The van der Waals surface area contributed by atoms with Gasteiger partial charge in [0.25, 0.3) is 6.33 Å². The van der Waals surface area contributed by atoms with E-state index < -0.39 is 0 Å². The van der Waals surface area contributed by atoms with Gasteiger partial charge in [-0.2, -0.15) is 9.13 Å². The molecule has 0 spiro atoms. The van der Waals surface area contributed by atoms with Gasteiger partial charge in [0.15, 0.2) is 23.9 Å². The van der Waals surface area contributed by atoms with Crippen molar-refractivity contribution in [2.24, 2.45) is 56.4 Å². The van der Waals surface area contributed by atoms with E-state index in [-0.39, 0.29) is 29.7 Å². The second-order valence-corrected chi connectivity index (χ2v) is 28.1. The Bertz CT molecular complexity index is 5650. The van der Waals surface area contributed by atoms with E-state index >= 15 is 0 Å². The van der Waals surface area contributed by atoms with Gasteiger partial charge in [-0.15, -0.1) is 0 Å². The molecule has 6 aromatic carbocycles. The molecule has 0 amide bonds. The summed E-state index contributed by atoms with van der Waals surface area (Å²) < 4.78 is 16.9. The fraction of sp³-hybridized carbons (Fsp3) is 0.275. The van der Waals surface area contributed by atoms with Gasteiger partial charge >= 0.3 is 5.82 Å². The van der Waals surface area contributed by atoms with Gasteiger partial charge in [-0.05, 0) is 199 Å². The topological polar surface area (TPSA) is 164 Å². The average Bonchev–Trinajstić information content (AvgIpc) is 1.64. The van der Waals surface area contributed by atoms with Crippen molar-refractivity contribution >= 4 is 44.1 Å². The molecule has 16 aromatic rings. The Kier molecular flexibility index (Phi) is 24.4. The van der Waals surface area contributed by atoms with Crippen LogP contribution in [0.1, 0.15) is 102 Å². The summed E-state index contributed by atoms with van der Waals surface area (Å²) in [5.74, 6) is 5.35. The van der Waals surface area contributed by atoms with E-state index in [9.17, 15) is 0 Å². The number of rotatable bonds is 8. The number of benzene rings is 6. The van der Waals surface area contributed by atoms with Crippen LogP contribution in [-0.2, 0) is 56.4 Å². The number of nitrogens with zero attached hydrogens (tertiary/aromatic N) is 18. The number of hydrogen-bond donors (Lipinski definition) is 0. The highest BCUT2D eigenvalue weighted by molar-refractivity contribution is 5.89. The molecule has 0 radical (unpaired) electrons. The summed E-state index contributed by atoms with van der Waals surface area (Å²) in [6, 6.07) is 42.5. The van der Waals surface area contributed by atoms with E-state index in [1.165, 1.54) is 83.3 Å². The molecule has 16 rings (SSSR count). The molecule has 0 aliphatic carbocycles. The monoisotopic (exact) mass is 1450 g/mol. The van der Waals surface area contributed by atoms with Crippen LogP contribution in [0, 0.1) is 90.0 Å². The molecule has 0 saturated carbocycles. The molecule has 0 bridgehead atoms. The summed E-state index contributed by atoms with van der Waals surface area (Å²) in [5, 5.41) is 0. The van der Waals surface area contributed by atoms with Crippen LogP contribution in [0.3, 0.4) is 0 Å². The van der Waals surface area contributed by atoms with Gasteiger partial charge in [0.2, 0.25) is 11.4 Å². The lowest BCUT2D eigenvalue weighted by Gasteiger charge is -2.11. The predicted molar refractivity (Wildman–Crippen MR) is 446 cm³/mol. The molecule has 0 aliphatic heterocycles. The lowest BCUT2D eigenvalue weighted by atomic mass is 9.99. The standard InChI is InChI=1S/3C22H23N4.C21H23N6.4CH4/c1-14-11-15(2)21-19(12-14)26(5)22(24-21)18-8-6-7-17(16(18)3)20-13-23-9-10-25(20)4;1-14-11-15(2)21-20(12-14)26(5)22(24-21)18-8-6-7-17(16(18)3)19-9-10-23-13-25(19)4;1-14-12-15(2)20-19(13-14)26(5)22(24-20)17-9-10-23-21(16(17)3)18-8-6-7-11-25(18)4;1-12-10-13(2)17-16(11-12)27(6)21(25-17)19-14(3)18(23-15(4)24-19)20-22-8-7-9-26(20)5;;;;/h3*6-13H,1-5H3;7-11H,1-6H3;4*1H4/q4*+1;;;;. The third kappa shape index (κ3) is 15.4. The van der Waals surface area contributed by atoms with Crippen LogP contribution in [0.5, 0.6) is 0 Å². The highest BCUT2D eigenvalue weighted by atomic mass is 15.1. The number of aryl methyl sites for hydroxylation is 17. The summed E-state index contributed by atoms with van der Waals surface area (Å²) in [4.78, 5) is 46.9. The molecule has 0 N–H and O–H groups in total. The minimum absolute atomic E-state index is 0. The van der Waals surface area contributed by atoms with E-state index in [0.717, 1.165) is 119 Å². The van der Waals surface area contributed by atoms with E-state index in [1.54, 1.807) is 12.4 Å². The summed E-state index contributed by atoms with van der Waals surface area (Å²) in [5.41, 5.74) is 35.1. The summed E-state index contributed by atoms with van der Waals surface area (Å²) in [6.45, 7) is 27.4. The van der Waals surface area contributed by atoms with Crippen molar-refractivity contribution in [1.29, 1.82) is 0 Å². The number of hydrogen-bond acceptors (Lipinski definition) is 10. The second kappa shape index (κ2) is 32.9. The van der Waals surface area contributed by atoms with Gasteiger partial charge in [0.05, 0.1) is 82.4 Å². The minimum Gasteiger partial charge on any atom is -0.327 e. The Balaban J connectivity index is 0.000000165. The Morgan fingerprint density at radius 2 is 0.734 bits per heavy atom. The lowest BCUT2D eigenvalue weighted by Crippen LogP contribution is -2.32. The normalized spacial score (nSPS) is 10.9. The summed E-state index contributed by atoms with van der Waals surface area (Å²) >= 11 is 0. The van der Waals surface area contributed by atoms with Gasteiger partial charge in [-0.1, -0.05) is 89.3 Å². The van der Waals surface area contributed by atoms with Crippen molar-refractivity contribution in [3.05, 3.63) is 250 Å². The molecule has 18 heteroatoms. The van der Waals surface area contributed by atoms with Crippen LogP contribution in [0.15, 0.2) is 177 Å². The van der Waals surface area contributed by atoms with Gasteiger partial charge in [0.1, 0.15) is 66.9 Å². The van der Waals surface area contributed by atoms with Crippen LogP contribution < -0.4 is 18.3 Å². The molecule has 0 saturated heterocycles. The number of fused-ring (bicyclic) bond motifs is 4. The van der Waals surface area contributed by atoms with Crippen molar-refractivity contribution in [2.75, 3.05) is 0 Å². The molecular weight excluding hydrogens is 1350 g/mol. The van der Waals surface area contributed by atoms with Crippen molar-refractivity contribution in [1.82, 2.24) is 68.1 Å². The van der Waals surface area contributed by atoms with E-state index in [2.05, 4.69) is 257 Å². The smallest absolute Gasteiger partial charge is 0.327 e. The maximum atomic E-state index is 4.99. The fourth-order valence-corrected chi connectivity index (χ4v) is 14.7. The van der Waals surface area contributed by atoms with Gasteiger partial charge in [-0.25, -0.2) is 44.0 Å². The quantitative estimate of drug-likeness (QED) is 0.134. The fourth-order valence-electron chi connectivity index (χ4n) is 14.7. The zero-order valence-corrected chi connectivity index (χ0v) is 64.3. The molecular formula is C91H108N18+4. The molecule has 10 heterocycles. The first kappa shape index (κ1) is 80.9. The Labute approximate surface area is 644 Å². The van der Waals surface area contributed by atoms with Crippen molar-refractivity contribution in [2.45, 2.75) is 120 Å². The van der Waals surface area contributed by atoms with Crippen LogP contribution >= 0.6 is 0 Å². The third-order valence-electron chi connectivity index (χ3n) is 20.2. The maximum Gasteiger partial charge on any atom is 0.348 e. The third-order valence-corrected chi connectivity index (χ3v) is 20.2. The zero-order chi connectivity index (χ0) is 74.6. The number of aromatic nitrogens is 18.